The Morgan fingerprint density at radius 2 is 1.55 bits per heavy atom. The molecule has 2 aromatic carbocycles. The fourth-order valence-corrected chi connectivity index (χ4v) is 3.69. The smallest absolute Gasteiger partial charge is 0.254 e. The molecule has 6 nitrogen and oxygen atoms in total. The lowest BCUT2D eigenvalue weighted by Gasteiger charge is -2.41. The van der Waals surface area contributed by atoms with E-state index in [-0.39, 0.29) is 29.7 Å². The third-order valence-electron chi connectivity index (χ3n) is 5.31. The second kappa shape index (κ2) is 9.77. The van der Waals surface area contributed by atoms with E-state index in [0.29, 0.717) is 31.6 Å². The van der Waals surface area contributed by atoms with Gasteiger partial charge >= 0.3 is 0 Å². The van der Waals surface area contributed by atoms with Crippen molar-refractivity contribution in [1.29, 1.82) is 0 Å². The maximum absolute atomic E-state index is 13.1. The van der Waals surface area contributed by atoms with Crippen molar-refractivity contribution in [3.8, 4) is 0 Å². The molecule has 0 bridgehead atoms. The molecule has 1 fully saturated rings. The number of piperazine rings is 1. The lowest BCUT2D eigenvalue weighted by atomic mass is 9.91. The molecule has 3 rings (SSSR count). The third kappa shape index (κ3) is 6.17. The molecule has 0 aromatic heterocycles. The summed E-state index contributed by atoms with van der Waals surface area (Å²) in [4.78, 5) is 42.4. The highest BCUT2D eigenvalue weighted by Crippen LogP contribution is 2.22. The number of carbonyl (C=O) groups is 3. The average Bonchev–Trinajstić information content (AvgIpc) is 2.76. The summed E-state index contributed by atoms with van der Waals surface area (Å²) in [5.74, 6) is -0.426. The summed E-state index contributed by atoms with van der Waals surface area (Å²) in [6.07, 6.45) is 0.401. The number of rotatable bonds is 5. The van der Waals surface area contributed by atoms with E-state index >= 15 is 0 Å². The van der Waals surface area contributed by atoms with E-state index in [0.717, 1.165) is 5.56 Å². The zero-order chi connectivity index (χ0) is 22.4. The van der Waals surface area contributed by atoms with Crippen molar-refractivity contribution >= 4 is 17.7 Å². The van der Waals surface area contributed by atoms with Gasteiger partial charge in [-0.15, -0.1) is 0 Å². The summed E-state index contributed by atoms with van der Waals surface area (Å²) in [5, 5.41) is 2.94. The minimum Gasteiger partial charge on any atom is -0.350 e. The summed E-state index contributed by atoms with van der Waals surface area (Å²) >= 11 is 0. The number of hydrogen-bond donors (Lipinski definition) is 1. The molecular formula is C25H31N3O3. The van der Waals surface area contributed by atoms with Crippen molar-refractivity contribution in [2.24, 2.45) is 5.41 Å². The van der Waals surface area contributed by atoms with Gasteiger partial charge < -0.3 is 15.1 Å². The summed E-state index contributed by atoms with van der Waals surface area (Å²) < 4.78 is 0. The van der Waals surface area contributed by atoms with Gasteiger partial charge in [0.05, 0.1) is 6.54 Å². The lowest BCUT2D eigenvalue weighted by Crippen LogP contribution is -2.61. The molecule has 31 heavy (non-hydrogen) atoms. The SMILES string of the molecule is CC(C)(C)CC(=O)N1CCN(C(=O)c2ccccc2)C(C(=O)NCc2ccccc2)C1. The van der Waals surface area contributed by atoms with Gasteiger partial charge in [-0.1, -0.05) is 69.3 Å². The van der Waals surface area contributed by atoms with Crippen LogP contribution in [-0.2, 0) is 16.1 Å². The summed E-state index contributed by atoms with van der Waals surface area (Å²) in [6, 6.07) is 17.9. The Morgan fingerprint density at radius 3 is 2.16 bits per heavy atom. The number of carbonyl (C=O) groups excluding carboxylic acids is 3. The minimum atomic E-state index is -0.728. The molecule has 1 N–H and O–H groups in total. The molecule has 1 aliphatic heterocycles. The van der Waals surface area contributed by atoms with E-state index < -0.39 is 6.04 Å². The molecule has 3 amide bonds. The van der Waals surface area contributed by atoms with Crippen LogP contribution in [0.1, 0.15) is 43.1 Å². The van der Waals surface area contributed by atoms with Crippen LogP contribution in [0.3, 0.4) is 0 Å². The normalized spacial score (nSPS) is 16.7. The number of nitrogens with zero attached hydrogens (tertiary/aromatic N) is 2. The first-order valence-corrected chi connectivity index (χ1v) is 10.7. The Morgan fingerprint density at radius 1 is 0.935 bits per heavy atom. The largest absolute Gasteiger partial charge is 0.350 e. The molecule has 1 unspecified atom stereocenters. The number of nitrogens with one attached hydrogen (secondary N) is 1. The number of amides is 3. The van der Waals surface area contributed by atoms with Crippen molar-refractivity contribution in [3.63, 3.8) is 0 Å². The molecule has 2 aromatic rings. The van der Waals surface area contributed by atoms with Crippen LogP contribution in [0.25, 0.3) is 0 Å². The lowest BCUT2D eigenvalue weighted by molar-refractivity contribution is -0.138. The van der Waals surface area contributed by atoms with Gasteiger partial charge in [-0.25, -0.2) is 0 Å². The number of benzene rings is 2. The van der Waals surface area contributed by atoms with Crippen LogP contribution in [0.4, 0.5) is 0 Å². The summed E-state index contributed by atoms with van der Waals surface area (Å²) in [5.41, 5.74) is 1.38. The van der Waals surface area contributed by atoms with Crippen molar-refractivity contribution < 1.29 is 14.4 Å². The molecule has 164 valence electrons. The van der Waals surface area contributed by atoms with E-state index in [1.54, 1.807) is 34.1 Å². The molecule has 1 heterocycles. The quantitative estimate of drug-likeness (QED) is 0.807. The predicted molar refractivity (Wildman–Crippen MR) is 120 cm³/mol. The van der Waals surface area contributed by atoms with Gasteiger partial charge in [0, 0.05) is 31.6 Å². The van der Waals surface area contributed by atoms with Gasteiger partial charge in [0.15, 0.2) is 0 Å². The average molecular weight is 422 g/mol. The molecule has 0 radical (unpaired) electrons. The highest BCUT2D eigenvalue weighted by Gasteiger charge is 2.37. The van der Waals surface area contributed by atoms with Crippen molar-refractivity contribution in [3.05, 3.63) is 71.8 Å². The van der Waals surface area contributed by atoms with Crippen LogP contribution in [0.15, 0.2) is 60.7 Å². The zero-order valence-corrected chi connectivity index (χ0v) is 18.5. The molecule has 1 atom stereocenters. The van der Waals surface area contributed by atoms with Crippen LogP contribution in [0, 0.1) is 5.41 Å². The minimum absolute atomic E-state index is 0.0140. The van der Waals surface area contributed by atoms with Gasteiger partial charge in [-0.05, 0) is 23.1 Å². The zero-order valence-electron chi connectivity index (χ0n) is 18.5. The molecule has 0 spiro atoms. The van der Waals surface area contributed by atoms with Crippen LogP contribution in [-0.4, -0.2) is 53.2 Å². The Bertz CT molecular complexity index is 907. The van der Waals surface area contributed by atoms with Crippen molar-refractivity contribution in [2.75, 3.05) is 19.6 Å². The molecule has 1 aliphatic rings. The van der Waals surface area contributed by atoms with Crippen molar-refractivity contribution in [1.82, 2.24) is 15.1 Å². The van der Waals surface area contributed by atoms with E-state index in [1.807, 2.05) is 57.2 Å². The number of hydrogen-bond acceptors (Lipinski definition) is 3. The molecule has 1 saturated heterocycles. The first kappa shape index (κ1) is 22.5. The first-order chi connectivity index (χ1) is 14.7. The standard InChI is InChI=1S/C25H31N3O3/c1-25(2,3)16-22(29)27-14-15-28(24(31)20-12-8-5-9-13-20)21(18-27)23(30)26-17-19-10-6-4-7-11-19/h4-13,21H,14-18H2,1-3H3,(H,26,30). The Hall–Kier alpha value is -3.15. The fourth-order valence-electron chi connectivity index (χ4n) is 3.69. The van der Waals surface area contributed by atoms with Gasteiger partial charge in [-0.3, -0.25) is 14.4 Å². The Kier molecular flexibility index (Phi) is 7.10. The van der Waals surface area contributed by atoms with Crippen LogP contribution < -0.4 is 5.32 Å². The second-order valence-electron chi connectivity index (χ2n) is 9.16. The Balaban J connectivity index is 1.77. The van der Waals surface area contributed by atoms with Gasteiger partial charge in [0.25, 0.3) is 5.91 Å². The fraction of sp³-hybridized carbons (Fsp3) is 0.400. The third-order valence-corrected chi connectivity index (χ3v) is 5.31. The first-order valence-electron chi connectivity index (χ1n) is 10.7. The maximum Gasteiger partial charge on any atom is 0.254 e. The maximum atomic E-state index is 13.1. The topological polar surface area (TPSA) is 69.7 Å². The van der Waals surface area contributed by atoms with Crippen LogP contribution >= 0.6 is 0 Å². The highest BCUT2D eigenvalue weighted by atomic mass is 16.2. The molecule has 0 aliphatic carbocycles. The van der Waals surface area contributed by atoms with Gasteiger partial charge in [0.2, 0.25) is 11.8 Å². The predicted octanol–water partition coefficient (Wildman–Crippen LogP) is 3.09. The second-order valence-corrected chi connectivity index (χ2v) is 9.16. The van der Waals surface area contributed by atoms with E-state index in [1.165, 1.54) is 0 Å². The van der Waals surface area contributed by atoms with E-state index in [2.05, 4.69) is 5.32 Å². The monoisotopic (exact) mass is 421 g/mol. The van der Waals surface area contributed by atoms with E-state index in [4.69, 9.17) is 0 Å². The summed E-state index contributed by atoms with van der Waals surface area (Å²) in [6.45, 7) is 7.38. The molecule has 0 saturated carbocycles. The summed E-state index contributed by atoms with van der Waals surface area (Å²) in [7, 11) is 0. The van der Waals surface area contributed by atoms with Crippen molar-refractivity contribution in [2.45, 2.75) is 39.8 Å². The van der Waals surface area contributed by atoms with Crippen LogP contribution in [0.5, 0.6) is 0 Å². The molecule has 6 heteroatoms. The Labute approximate surface area is 184 Å². The molecular weight excluding hydrogens is 390 g/mol. The van der Waals surface area contributed by atoms with Gasteiger partial charge in [0.1, 0.15) is 6.04 Å². The van der Waals surface area contributed by atoms with Gasteiger partial charge in [-0.2, -0.15) is 0 Å². The van der Waals surface area contributed by atoms with E-state index in [9.17, 15) is 14.4 Å². The highest BCUT2D eigenvalue weighted by molar-refractivity contribution is 5.98. The van der Waals surface area contributed by atoms with Crippen LogP contribution in [0.2, 0.25) is 0 Å².